The molecule has 2 rings (SSSR count). The Hall–Kier alpha value is -2.00. The van der Waals surface area contributed by atoms with Crippen LogP contribution >= 0.6 is 0 Å². The highest BCUT2D eigenvalue weighted by atomic mass is 32.2. The molecule has 1 aliphatic rings. The topological polar surface area (TPSA) is 114 Å². The molecule has 0 aromatic carbocycles. The van der Waals surface area contributed by atoms with Crippen molar-refractivity contribution in [2.75, 3.05) is 11.6 Å². The first-order chi connectivity index (χ1) is 9.83. The van der Waals surface area contributed by atoms with Crippen LogP contribution in [0.4, 0.5) is 5.82 Å². The van der Waals surface area contributed by atoms with Crippen molar-refractivity contribution in [1.82, 2.24) is 10.3 Å². The number of anilines is 1. The van der Waals surface area contributed by atoms with Gasteiger partial charge < -0.3 is 5.32 Å². The molecule has 2 heterocycles. The normalized spacial score (nSPS) is 19.2. The zero-order valence-electron chi connectivity index (χ0n) is 11.3. The average Bonchev–Trinajstić information content (AvgIpc) is 2.39. The van der Waals surface area contributed by atoms with E-state index in [9.17, 15) is 18.0 Å². The molecule has 1 aliphatic heterocycles. The molecule has 1 saturated heterocycles. The van der Waals surface area contributed by atoms with E-state index in [1.165, 1.54) is 6.20 Å². The number of imide groups is 1. The zero-order valence-corrected chi connectivity index (χ0v) is 12.1. The summed E-state index contributed by atoms with van der Waals surface area (Å²) in [5.74, 6) is -0.272. The van der Waals surface area contributed by atoms with Crippen LogP contribution in [-0.2, 0) is 30.5 Å². The summed E-state index contributed by atoms with van der Waals surface area (Å²) in [6.07, 6.45) is 3.10. The molecule has 1 atom stereocenters. The summed E-state index contributed by atoms with van der Waals surface area (Å²) in [5.41, 5.74) is 0.602. The largest absolute Gasteiger partial charge is 0.358 e. The first-order valence-corrected chi connectivity index (χ1v) is 8.05. The molecule has 1 aromatic rings. The second-order valence-corrected chi connectivity index (χ2v) is 6.31. The summed E-state index contributed by atoms with van der Waals surface area (Å²) < 4.78 is 26.6. The SMILES string of the molecule is CS(=O)(=O)OCc1ccnc(NC2CCC(=O)NC2=O)c1. The molecular formula is C12H15N3O5S. The highest BCUT2D eigenvalue weighted by Gasteiger charge is 2.26. The number of aromatic nitrogens is 1. The first-order valence-electron chi connectivity index (χ1n) is 6.23. The lowest BCUT2D eigenvalue weighted by atomic mass is 10.1. The molecule has 8 nitrogen and oxygen atoms in total. The Bertz CT molecular complexity index is 659. The fourth-order valence-electron chi connectivity index (χ4n) is 1.83. The van der Waals surface area contributed by atoms with Crippen molar-refractivity contribution in [3.63, 3.8) is 0 Å². The second-order valence-electron chi connectivity index (χ2n) is 4.66. The molecular weight excluding hydrogens is 298 g/mol. The highest BCUT2D eigenvalue weighted by molar-refractivity contribution is 7.85. The van der Waals surface area contributed by atoms with Crippen molar-refractivity contribution >= 4 is 27.8 Å². The van der Waals surface area contributed by atoms with E-state index in [-0.39, 0.29) is 18.9 Å². The number of rotatable bonds is 5. The van der Waals surface area contributed by atoms with E-state index < -0.39 is 22.1 Å². The van der Waals surface area contributed by atoms with Gasteiger partial charge in [0, 0.05) is 12.6 Å². The third-order valence-corrected chi connectivity index (χ3v) is 3.37. The fourth-order valence-corrected chi connectivity index (χ4v) is 2.18. The van der Waals surface area contributed by atoms with Crippen LogP contribution < -0.4 is 10.6 Å². The van der Waals surface area contributed by atoms with Crippen LogP contribution in [0.25, 0.3) is 0 Å². The number of pyridine rings is 1. The van der Waals surface area contributed by atoms with E-state index in [0.29, 0.717) is 17.8 Å². The molecule has 114 valence electrons. The van der Waals surface area contributed by atoms with Gasteiger partial charge in [0.15, 0.2) is 0 Å². The van der Waals surface area contributed by atoms with E-state index in [1.54, 1.807) is 12.1 Å². The van der Waals surface area contributed by atoms with Gasteiger partial charge in [0.2, 0.25) is 11.8 Å². The Morgan fingerprint density at radius 3 is 2.90 bits per heavy atom. The Labute approximate surface area is 122 Å². The molecule has 0 saturated carbocycles. The van der Waals surface area contributed by atoms with Gasteiger partial charge in [-0.25, -0.2) is 4.98 Å². The van der Waals surface area contributed by atoms with Crippen molar-refractivity contribution in [3.05, 3.63) is 23.9 Å². The molecule has 1 fully saturated rings. The molecule has 1 unspecified atom stereocenters. The number of nitrogens with zero attached hydrogens (tertiary/aromatic N) is 1. The Morgan fingerprint density at radius 2 is 2.24 bits per heavy atom. The van der Waals surface area contributed by atoms with Crippen molar-refractivity contribution in [2.24, 2.45) is 0 Å². The van der Waals surface area contributed by atoms with Gasteiger partial charge in [0.25, 0.3) is 10.1 Å². The molecule has 2 N–H and O–H groups in total. The van der Waals surface area contributed by atoms with Gasteiger partial charge >= 0.3 is 0 Å². The van der Waals surface area contributed by atoms with Crippen molar-refractivity contribution in [1.29, 1.82) is 0 Å². The minimum Gasteiger partial charge on any atom is -0.358 e. The third-order valence-electron chi connectivity index (χ3n) is 2.83. The minimum absolute atomic E-state index is 0.106. The Kier molecular flexibility index (Phi) is 4.53. The molecule has 2 amide bonds. The molecule has 0 aliphatic carbocycles. The van der Waals surface area contributed by atoms with E-state index in [0.717, 1.165) is 6.26 Å². The quantitative estimate of drug-likeness (QED) is 0.570. The van der Waals surface area contributed by atoms with Crippen LogP contribution in [0.3, 0.4) is 0 Å². The van der Waals surface area contributed by atoms with Crippen molar-refractivity contribution < 1.29 is 22.2 Å². The molecule has 21 heavy (non-hydrogen) atoms. The lowest BCUT2D eigenvalue weighted by Crippen LogP contribution is -2.47. The summed E-state index contributed by atoms with van der Waals surface area (Å²) in [7, 11) is -3.52. The van der Waals surface area contributed by atoms with Crippen molar-refractivity contribution in [2.45, 2.75) is 25.5 Å². The maximum Gasteiger partial charge on any atom is 0.264 e. The summed E-state index contributed by atoms with van der Waals surface area (Å²) >= 11 is 0. The van der Waals surface area contributed by atoms with Gasteiger partial charge in [0.1, 0.15) is 11.9 Å². The van der Waals surface area contributed by atoms with Crippen LogP contribution in [-0.4, -0.2) is 37.5 Å². The lowest BCUT2D eigenvalue weighted by Gasteiger charge is -2.22. The number of hydrogen-bond donors (Lipinski definition) is 2. The van der Waals surface area contributed by atoms with Gasteiger partial charge in [-0.15, -0.1) is 0 Å². The number of amides is 2. The molecule has 1 aromatic heterocycles. The fraction of sp³-hybridized carbons (Fsp3) is 0.417. The monoisotopic (exact) mass is 313 g/mol. The molecule has 0 radical (unpaired) electrons. The van der Waals surface area contributed by atoms with Gasteiger partial charge in [-0.05, 0) is 24.1 Å². The summed E-state index contributed by atoms with van der Waals surface area (Å²) in [5, 5.41) is 5.15. The lowest BCUT2D eigenvalue weighted by molar-refractivity contribution is -0.133. The van der Waals surface area contributed by atoms with Crippen LogP contribution in [0.2, 0.25) is 0 Å². The number of nitrogens with one attached hydrogen (secondary N) is 2. The van der Waals surface area contributed by atoms with E-state index >= 15 is 0 Å². The van der Waals surface area contributed by atoms with Crippen LogP contribution in [0.5, 0.6) is 0 Å². The third kappa shape index (κ3) is 4.80. The average molecular weight is 313 g/mol. The van der Waals surface area contributed by atoms with Gasteiger partial charge in [-0.2, -0.15) is 8.42 Å². The maximum atomic E-state index is 11.6. The van der Waals surface area contributed by atoms with Crippen LogP contribution in [0, 0.1) is 0 Å². The number of carbonyl (C=O) groups is 2. The van der Waals surface area contributed by atoms with Crippen LogP contribution in [0.15, 0.2) is 18.3 Å². The van der Waals surface area contributed by atoms with Gasteiger partial charge in [0.05, 0.1) is 12.9 Å². The molecule has 9 heteroatoms. The summed E-state index contributed by atoms with van der Waals surface area (Å²) in [4.78, 5) is 26.7. The minimum atomic E-state index is -3.52. The summed E-state index contributed by atoms with van der Waals surface area (Å²) in [6, 6.07) is 2.66. The van der Waals surface area contributed by atoms with E-state index in [2.05, 4.69) is 19.8 Å². The number of hydrogen-bond acceptors (Lipinski definition) is 7. The highest BCUT2D eigenvalue weighted by Crippen LogP contribution is 2.14. The number of carbonyl (C=O) groups excluding carboxylic acids is 2. The van der Waals surface area contributed by atoms with Crippen molar-refractivity contribution in [3.8, 4) is 0 Å². The maximum absolute atomic E-state index is 11.6. The van der Waals surface area contributed by atoms with Gasteiger partial charge in [-0.3, -0.25) is 19.1 Å². The Morgan fingerprint density at radius 1 is 1.48 bits per heavy atom. The molecule has 0 bridgehead atoms. The zero-order chi connectivity index (χ0) is 15.5. The summed E-state index contributed by atoms with van der Waals surface area (Å²) in [6.45, 7) is -0.106. The first kappa shape index (κ1) is 15.4. The Balaban J connectivity index is 2.01. The predicted molar refractivity (Wildman–Crippen MR) is 73.7 cm³/mol. The van der Waals surface area contributed by atoms with Gasteiger partial charge in [-0.1, -0.05) is 0 Å². The smallest absolute Gasteiger partial charge is 0.264 e. The standard InChI is InChI=1S/C12H15N3O5S/c1-21(18,19)20-7-8-4-5-13-10(6-8)14-9-2-3-11(16)15-12(9)17/h4-6,9H,2-3,7H2,1H3,(H,13,14)(H,15,16,17). The second kappa shape index (κ2) is 6.19. The molecule has 0 spiro atoms. The van der Waals surface area contributed by atoms with E-state index in [1.807, 2.05) is 0 Å². The predicted octanol–water partition coefficient (Wildman–Crippen LogP) is -0.225. The van der Waals surface area contributed by atoms with E-state index in [4.69, 9.17) is 0 Å². The number of piperidine rings is 1. The van der Waals surface area contributed by atoms with Crippen LogP contribution in [0.1, 0.15) is 18.4 Å².